The first kappa shape index (κ1) is 20.5. The molecule has 0 amide bonds. The number of imidazole rings is 1. The van der Waals surface area contributed by atoms with Crippen molar-refractivity contribution in [3.8, 4) is 11.5 Å². The Hall–Kier alpha value is -2.75. The Morgan fingerprint density at radius 2 is 1.77 bits per heavy atom. The number of halogens is 3. The lowest BCUT2D eigenvalue weighted by molar-refractivity contribution is 0.599. The van der Waals surface area contributed by atoms with Crippen molar-refractivity contribution in [1.29, 1.82) is 0 Å². The fraction of sp³-hybridized carbons (Fsp3) is 0.105. The molecule has 0 radical (unpaired) electrons. The summed E-state index contributed by atoms with van der Waals surface area (Å²) in [5, 5.41) is 0.977. The summed E-state index contributed by atoms with van der Waals surface area (Å²) >= 11 is 12.5. The van der Waals surface area contributed by atoms with Gasteiger partial charge in [0.05, 0.1) is 18.6 Å². The second-order valence-electron chi connectivity index (χ2n) is 6.46. The lowest BCUT2D eigenvalue weighted by Crippen LogP contribution is -2.18. The van der Waals surface area contributed by atoms with Crippen molar-refractivity contribution in [2.45, 2.75) is 12.3 Å². The molecule has 0 unspecified atom stereocenters. The number of sulfonamides is 1. The predicted molar refractivity (Wildman–Crippen MR) is 113 cm³/mol. The topological polar surface area (TPSA) is 89.8 Å². The van der Waals surface area contributed by atoms with Crippen molar-refractivity contribution < 1.29 is 12.8 Å². The van der Waals surface area contributed by atoms with E-state index in [1.54, 1.807) is 22.8 Å². The monoisotopic (exact) mass is 465 g/mol. The number of nitrogens with one attached hydrogen (secondary N) is 1. The standard InChI is InChI=1S/C19H14Cl2FN5O2S/c20-15-5-2-6-16(21)14(15)8-27-11-25-18(17-19(27)24-10-23-17)26-30(28,29)9-12-3-1-4-13(22)7-12/h1-7,10-11,26H,8-9H2. The van der Waals surface area contributed by atoms with Crippen molar-refractivity contribution in [3.63, 3.8) is 0 Å². The predicted octanol–water partition coefficient (Wildman–Crippen LogP) is 4.21. The van der Waals surface area contributed by atoms with Gasteiger partial charge in [0.15, 0.2) is 17.3 Å². The van der Waals surface area contributed by atoms with Crippen LogP contribution in [0, 0.1) is 5.82 Å². The SMILES string of the molecule is O=S(=O)(Cc1cccc(F)c1)Nc1ncn(Cc2c(Cl)cccc2Cl)c2ncnc1-2. The van der Waals surface area contributed by atoms with Crippen LogP contribution in [0.25, 0.3) is 11.5 Å². The molecule has 0 bridgehead atoms. The second-order valence-corrected chi connectivity index (χ2v) is 8.99. The highest BCUT2D eigenvalue weighted by atomic mass is 35.5. The second kappa shape index (κ2) is 8.17. The van der Waals surface area contributed by atoms with Crippen LogP contribution in [0.4, 0.5) is 10.2 Å². The molecule has 154 valence electrons. The van der Waals surface area contributed by atoms with Gasteiger partial charge < -0.3 is 4.57 Å². The molecule has 7 nitrogen and oxygen atoms in total. The van der Waals surface area contributed by atoms with E-state index in [4.69, 9.17) is 23.2 Å². The summed E-state index contributed by atoms with van der Waals surface area (Å²) in [5.41, 5.74) is 1.26. The van der Waals surface area contributed by atoms with Crippen LogP contribution in [-0.2, 0) is 22.3 Å². The molecule has 0 spiro atoms. The zero-order valence-electron chi connectivity index (χ0n) is 15.3. The van der Waals surface area contributed by atoms with Gasteiger partial charge in [-0.15, -0.1) is 0 Å². The first-order valence-corrected chi connectivity index (χ1v) is 11.1. The molecule has 0 fully saturated rings. The first-order valence-electron chi connectivity index (χ1n) is 8.66. The van der Waals surface area contributed by atoms with Gasteiger partial charge in [-0.3, -0.25) is 4.72 Å². The van der Waals surface area contributed by atoms with E-state index in [1.165, 1.54) is 30.9 Å². The molecular weight excluding hydrogens is 452 g/mol. The molecule has 2 aliphatic heterocycles. The van der Waals surface area contributed by atoms with E-state index in [0.717, 1.165) is 6.07 Å². The Bertz CT molecular complexity index is 1280. The summed E-state index contributed by atoms with van der Waals surface area (Å²) in [6.45, 7) is 0.275. The fourth-order valence-corrected chi connectivity index (χ4v) is 4.61. The number of aromatic nitrogens is 4. The minimum atomic E-state index is -3.86. The number of hydrogen-bond acceptors (Lipinski definition) is 5. The van der Waals surface area contributed by atoms with Crippen LogP contribution >= 0.6 is 23.2 Å². The molecule has 2 heterocycles. The number of benzene rings is 2. The summed E-state index contributed by atoms with van der Waals surface area (Å²) in [5.74, 6) is -0.486. The Balaban J connectivity index is 1.62. The minimum absolute atomic E-state index is 0.0282. The molecule has 0 saturated heterocycles. The molecule has 0 aliphatic carbocycles. The molecule has 0 saturated carbocycles. The van der Waals surface area contributed by atoms with Gasteiger partial charge in [0.2, 0.25) is 10.0 Å². The van der Waals surface area contributed by atoms with E-state index in [1.807, 2.05) is 0 Å². The summed E-state index contributed by atoms with van der Waals surface area (Å²) in [7, 11) is -3.86. The quantitative estimate of drug-likeness (QED) is 0.460. The van der Waals surface area contributed by atoms with E-state index in [-0.39, 0.29) is 18.1 Å². The molecule has 2 aromatic carbocycles. The van der Waals surface area contributed by atoms with Gasteiger partial charge in [-0.25, -0.2) is 27.8 Å². The van der Waals surface area contributed by atoms with E-state index in [9.17, 15) is 12.8 Å². The minimum Gasteiger partial charge on any atom is -0.310 e. The molecular formula is C19H14Cl2FN5O2S. The smallest absolute Gasteiger partial charge is 0.238 e. The summed E-state index contributed by atoms with van der Waals surface area (Å²) in [6.07, 6.45) is 2.73. The Morgan fingerprint density at radius 1 is 1.03 bits per heavy atom. The van der Waals surface area contributed by atoms with Crippen molar-refractivity contribution >= 4 is 39.0 Å². The highest BCUT2D eigenvalue weighted by Gasteiger charge is 2.22. The Kier molecular flexibility index (Phi) is 5.59. The van der Waals surface area contributed by atoms with Crippen molar-refractivity contribution in [2.24, 2.45) is 0 Å². The van der Waals surface area contributed by atoms with Crippen molar-refractivity contribution in [3.05, 3.63) is 82.1 Å². The lowest BCUT2D eigenvalue weighted by Gasteiger charge is -2.15. The van der Waals surface area contributed by atoms with Gasteiger partial charge in [0, 0.05) is 15.6 Å². The molecule has 2 aromatic rings. The maximum atomic E-state index is 13.3. The number of hydrogen-bond donors (Lipinski definition) is 1. The lowest BCUT2D eigenvalue weighted by atomic mass is 10.2. The number of nitrogens with zero attached hydrogens (tertiary/aromatic N) is 4. The van der Waals surface area contributed by atoms with Gasteiger partial charge in [-0.2, -0.15) is 0 Å². The molecule has 4 rings (SSSR count). The van der Waals surface area contributed by atoms with Crippen LogP contribution < -0.4 is 4.72 Å². The third-order valence-electron chi connectivity index (χ3n) is 4.29. The van der Waals surface area contributed by atoms with Gasteiger partial charge in [0.25, 0.3) is 0 Å². The van der Waals surface area contributed by atoms with Crippen LogP contribution in [-0.4, -0.2) is 27.9 Å². The summed E-state index contributed by atoms with van der Waals surface area (Å²) < 4.78 is 42.5. The van der Waals surface area contributed by atoms with Crippen molar-refractivity contribution in [2.75, 3.05) is 4.72 Å². The third kappa shape index (κ3) is 4.38. The molecule has 2 aliphatic rings. The van der Waals surface area contributed by atoms with Crippen LogP contribution in [0.1, 0.15) is 11.1 Å². The fourth-order valence-electron chi connectivity index (χ4n) is 2.95. The molecule has 0 aromatic heterocycles. The van der Waals surface area contributed by atoms with E-state index < -0.39 is 21.6 Å². The molecule has 30 heavy (non-hydrogen) atoms. The van der Waals surface area contributed by atoms with Crippen LogP contribution in [0.5, 0.6) is 0 Å². The van der Waals surface area contributed by atoms with Crippen LogP contribution in [0.15, 0.2) is 55.1 Å². The Morgan fingerprint density at radius 3 is 2.50 bits per heavy atom. The number of fused-ring (bicyclic) bond motifs is 1. The average Bonchev–Trinajstić information content (AvgIpc) is 3.16. The Labute approximate surface area is 181 Å². The zero-order valence-corrected chi connectivity index (χ0v) is 17.6. The maximum absolute atomic E-state index is 13.3. The van der Waals surface area contributed by atoms with E-state index in [2.05, 4.69) is 19.7 Å². The third-order valence-corrected chi connectivity index (χ3v) is 6.22. The van der Waals surface area contributed by atoms with Crippen LogP contribution in [0.3, 0.4) is 0 Å². The molecule has 0 atom stereocenters. The van der Waals surface area contributed by atoms with Gasteiger partial charge in [0.1, 0.15) is 12.1 Å². The van der Waals surface area contributed by atoms with Gasteiger partial charge >= 0.3 is 0 Å². The molecule has 11 heteroatoms. The normalized spacial score (nSPS) is 11.7. The number of rotatable bonds is 6. The number of anilines is 1. The van der Waals surface area contributed by atoms with Crippen LogP contribution in [0.2, 0.25) is 10.0 Å². The largest absolute Gasteiger partial charge is 0.310 e. The first-order chi connectivity index (χ1) is 14.3. The van der Waals surface area contributed by atoms with Gasteiger partial charge in [-0.1, -0.05) is 41.4 Å². The van der Waals surface area contributed by atoms with Gasteiger partial charge in [-0.05, 0) is 29.8 Å². The zero-order chi connectivity index (χ0) is 21.3. The highest BCUT2D eigenvalue weighted by molar-refractivity contribution is 7.91. The summed E-state index contributed by atoms with van der Waals surface area (Å²) in [4.78, 5) is 12.5. The van der Waals surface area contributed by atoms with E-state index in [0.29, 0.717) is 27.0 Å². The van der Waals surface area contributed by atoms with E-state index >= 15 is 0 Å². The summed E-state index contributed by atoms with van der Waals surface area (Å²) in [6, 6.07) is 10.6. The average molecular weight is 466 g/mol. The van der Waals surface area contributed by atoms with Crippen molar-refractivity contribution in [1.82, 2.24) is 19.5 Å². The highest BCUT2D eigenvalue weighted by Crippen LogP contribution is 2.29. The molecule has 1 N–H and O–H groups in total. The maximum Gasteiger partial charge on any atom is 0.238 e.